The lowest BCUT2D eigenvalue weighted by molar-refractivity contribution is -0.146. The summed E-state index contributed by atoms with van der Waals surface area (Å²) < 4.78 is 38.1. The first kappa shape index (κ1) is 12.0. The summed E-state index contributed by atoms with van der Waals surface area (Å²) >= 11 is 6.19. The van der Waals surface area contributed by atoms with Crippen LogP contribution in [-0.2, 0) is 0 Å². The number of halogens is 5. The quantitative estimate of drug-likeness (QED) is 0.701. The summed E-state index contributed by atoms with van der Waals surface area (Å²) in [5, 5.41) is 0. The fraction of sp³-hybridized carbons (Fsp3) is 0.333. The molecule has 1 unspecified atom stereocenters. The zero-order valence-electron chi connectivity index (χ0n) is 7.12. The lowest BCUT2D eigenvalue weighted by Gasteiger charge is -2.16. The average Bonchev–Trinajstić information content (AvgIpc) is 1.99. The molecule has 1 aromatic carbocycles. The Morgan fingerprint density at radius 1 is 1.21 bits per heavy atom. The van der Waals surface area contributed by atoms with Gasteiger partial charge in [0.15, 0.2) is 0 Å². The highest BCUT2D eigenvalue weighted by Gasteiger charge is 2.37. The monoisotopic (exact) mass is 329 g/mol. The Bertz CT molecular complexity index is 313. The lowest BCUT2D eigenvalue weighted by atomic mass is 10.0. The third-order valence-corrected chi connectivity index (χ3v) is 2.67. The summed E-state index contributed by atoms with van der Waals surface area (Å²) in [6.45, 7) is 1.13. The molecule has 0 aliphatic heterocycles. The summed E-state index contributed by atoms with van der Waals surface area (Å²) in [5.41, 5.74) is 0.218. The van der Waals surface area contributed by atoms with Gasteiger partial charge >= 0.3 is 6.18 Å². The van der Waals surface area contributed by atoms with Crippen LogP contribution < -0.4 is 0 Å². The predicted molar refractivity (Wildman–Crippen MR) is 55.1 cm³/mol. The van der Waals surface area contributed by atoms with Crippen LogP contribution in [0.25, 0.3) is 0 Å². The Hall–Kier alpha value is -0.0300. The van der Waals surface area contributed by atoms with Crippen LogP contribution in [0.15, 0.2) is 21.1 Å². The molecule has 0 bridgehead atoms. The highest BCUT2D eigenvalue weighted by Crippen LogP contribution is 2.36. The van der Waals surface area contributed by atoms with Gasteiger partial charge in [0.25, 0.3) is 0 Å². The molecule has 0 saturated heterocycles. The first-order valence-corrected chi connectivity index (χ1v) is 5.34. The maximum absolute atomic E-state index is 12.4. The van der Waals surface area contributed by atoms with Gasteiger partial charge in [-0.3, -0.25) is 0 Å². The van der Waals surface area contributed by atoms with Gasteiger partial charge in [-0.25, -0.2) is 0 Å². The summed E-state index contributed by atoms with van der Waals surface area (Å²) in [7, 11) is 0. The van der Waals surface area contributed by atoms with Crippen LogP contribution in [0.1, 0.15) is 18.4 Å². The van der Waals surface area contributed by atoms with E-state index in [4.69, 9.17) is 0 Å². The molecule has 0 N–H and O–H groups in total. The average molecular weight is 331 g/mol. The van der Waals surface area contributed by atoms with Crippen LogP contribution in [0, 0.1) is 6.07 Å². The van der Waals surface area contributed by atoms with E-state index in [0.717, 1.165) is 6.92 Å². The molecule has 14 heavy (non-hydrogen) atoms. The van der Waals surface area contributed by atoms with Gasteiger partial charge in [0.05, 0.1) is 5.92 Å². The van der Waals surface area contributed by atoms with E-state index in [1.165, 1.54) is 12.1 Å². The van der Waals surface area contributed by atoms with Crippen molar-refractivity contribution in [3.05, 3.63) is 32.7 Å². The van der Waals surface area contributed by atoms with Crippen molar-refractivity contribution in [3.8, 4) is 0 Å². The fourth-order valence-electron chi connectivity index (χ4n) is 0.960. The molecule has 1 aromatic rings. The normalized spacial score (nSPS) is 14.1. The van der Waals surface area contributed by atoms with E-state index in [9.17, 15) is 13.2 Å². The van der Waals surface area contributed by atoms with Crippen molar-refractivity contribution in [1.29, 1.82) is 0 Å². The molecule has 0 aliphatic carbocycles. The Kier molecular flexibility index (Phi) is 3.63. The molecule has 0 saturated carbocycles. The van der Waals surface area contributed by atoms with Gasteiger partial charge in [-0.05, 0) is 24.6 Å². The minimum absolute atomic E-state index is 0.218. The molecule has 0 amide bonds. The maximum atomic E-state index is 12.4. The third-order valence-electron chi connectivity index (χ3n) is 1.82. The van der Waals surface area contributed by atoms with Gasteiger partial charge in [0.1, 0.15) is 0 Å². The second-order valence-corrected chi connectivity index (χ2v) is 4.58. The van der Waals surface area contributed by atoms with Gasteiger partial charge < -0.3 is 0 Å². The highest BCUT2D eigenvalue weighted by molar-refractivity contribution is 9.11. The Balaban J connectivity index is 3.07. The van der Waals surface area contributed by atoms with Crippen LogP contribution in [0.2, 0.25) is 0 Å². The minimum atomic E-state index is -4.21. The molecule has 0 spiro atoms. The van der Waals surface area contributed by atoms with E-state index in [1.54, 1.807) is 0 Å². The van der Waals surface area contributed by atoms with Crippen molar-refractivity contribution in [3.63, 3.8) is 0 Å². The van der Waals surface area contributed by atoms with Crippen molar-refractivity contribution in [2.45, 2.75) is 19.0 Å². The van der Waals surface area contributed by atoms with Crippen LogP contribution in [-0.4, -0.2) is 6.18 Å². The van der Waals surface area contributed by atoms with Crippen molar-refractivity contribution >= 4 is 31.9 Å². The van der Waals surface area contributed by atoms with E-state index >= 15 is 0 Å². The number of alkyl halides is 3. The SMILES string of the molecule is CC(c1cc(Br)[c]c(Br)c1)C(F)(F)F. The second-order valence-electron chi connectivity index (χ2n) is 2.87. The molecule has 0 aliphatic rings. The molecular formula is C9H6Br2F3. The van der Waals surface area contributed by atoms with E-state index in [0.29, 0.717) is 8.95 Å². The molecule has 0 aromatic heterocycles. The smallest absolute Gasteiger partial charge is 0.170 e. The summed E-state index contributed by atoms with van der Waals surface area (Å²) in [5.74, 6) is -1.47. The topological polar surface area (TPSA) is 0 Å². The largest absolute Gasteiger partial charge is 0.395 e. The van der Waals surface area contributed by atoms with E-state index < -0.39 is 12.1 Å². The standard InChI is InChI=1S/C9H6Br2F3/c1-5(9(12,13)14)6-2-7(10)4-8(11)3-6/h2-3,5H,1H3. The van der Waals surface area contributed by atoms with Crippen molar-refractivity contribution in [2.75, 3.05) is 0 Å². The van der Waals surface area contributed by atoms with Gasteiger partial charge in [0.2, 0.25) is 0 Å². The maximum Gasteiger partial charge on any atom is 0.395 e. The molecule has 77 valence electrons. The van der Waals surface area contributed by atoms with Gasteiger partial charge in [-0.15, -0.1) is 0 Å². The third kappa shape index (κ3) is 2.98. The molecule has 0 fully saturated rings. The summed E-state index contributed by atoms with van der Waals surface area (Å²) in [4.78, 5) is 0. The predicted octanol–water partition coefficient (Wildman–Crippen LogP) is 4.68. The number of hydrogen-bond acceptors (Lipinski definition) is 0. The summed E-state index contributed by atoms with van der Waals surface area (Å²) in [6.07, 6.45) is -4.21. The van der Waals surface area contributed by atoms with Crippen LogP contribution in [0.4, 0.5) is 13.2 Å². The minimum Gasteiger partial charge on any atom is -0.170 e. The van der Waals surface area contributed by atoms with E-state index in [2.05, 4.69) is 37.9 Å². The molecule has 5 heteroatoms. The van der Waals surface area contributed by atoms with Crippen molar-refractivity contribution in [2.24, 2.45) is 0 Å². The molecular weight excluding hydrogens is 325 g/mol. The molecule has 1 radical (unpaired) electrons. The van der Waals surface area contributed by atoms with E-state index in [1.807, 2.05) is 0 Å². The first-order valence-electron chi connectivity index (χ1n) is 3.75. The molecule has 1 atom stereocenters. The second kappa shape index (κ2) is 4.23. The van der Waals surface area contributed by atoms with Crippen molar-refractivity contribution in [1.82, 2.24) is 0 Å². The van der Waals surface area contributed by atoms with Gasteiger partial charge in [-0.2, -0.15) is 13.2 Å². The molecule has 0 nitrogen and oxygen atoms in total. The number of rotatable bonds is 1. The fourth-order valence-corrected chi connectivity index (χ4v) is 2.18. The lowest BCUT2D eigenvalue weighted by Crippen LogP contribution is -2.17. The van der Waals surface area contributed by atoms with Gasteiger partial charge in [0, 0.05) is 15.0 Å². The Morgan fingerprint density at radius 3 is 2.00 bits per heavy atom. The van der Waals surface area contributed by atoms with E-state index in [-0.39, 0.29) is 5.56 Å². The zero-order chi connectivity index (χ0) is 10.9. The summed E-state index contributed by atoms with van der Waals surface area (Å²) in [6, 6.07) is 5.62. The van der Waals surface area contributed by atoms with Crippen molar-refractivity contribution < 1.29 is 13.2 Å². The Labute approximate surface area is 96.8 Å². The molecule has 0 heterocycles. The molecule has 1 rings (SSSR count). The zero-order valence-corrected chi connectivity index (χ0v) is 10.3. The van der Waals surface area contributed by atoms with Gasteiger partial charge in [-0.1, -0.05) is 31.9 Å². The number of hydrogen-bond donors (Lipinski definition) is 0. The highest BCUT2D eigenvalue weighted by atomic mass is 79.9. The van der Waals surface area contributed by atoms with Crippen LogP contribution in [0.5, 0.6) is 0 Å². The first-order chi connectivity index (χ1) is 6.30. The van der Waals surface area contributed by atoms with Crippen LogP contribution in [0.3, 0.4) is 0 Å². The Morgan fingerprint density at radius 2 is 1.64 bits per heavy atom. The van der Waals surface area contributed by atoms with Crippen LogP contribution >= 0.6 is 31.9 Å². The number of benzene rings is 1.